The number of phosphoric ester groups is 2. The van der Waals surface area contributed by atoms with Gasteiger partial charge in [0.05, 0.1) is 25.6 Å². The molecule has 5 heterocycles. The van der Waals surface area contributed by atoms with Gasteiger partial charge in [-0.3, -0.25) is 18.5 Å². The van der Waals surface area contributed by atoms with E-state index < -0.39 is 83.8 Å². The summed E-state index contributed by atoms with van der Waals surface area (Å²) in [6, 6.07) is 1.40. The molecule has 8 N–H and O–H groups in total. The number of carbonyl (C=O) groups is 1. The monoisotopic (exact) mass is 688 g/mol. The van der Waals surface area contributed by atoms with Gasteiger partial charge in [-0.15, -0.1) is 0 Å². The van der Waals surface area contributed by atoms with Crippen LogP contribution in [0.5, 0.6) is 0 Å². The van der Waals surface area contributed by atoms with E-state index in [1.54, 1.807) is 0 Å². The summed E-state index contributed by atoms with van der Waals surface area (Å²) in [5.74, 6) is -0.747. The molecule has 0 saturated carbocycles. The summed E-state index contributed by atoms with van der Waals surface area (Å²) < 4.78 is 52.1. The van der Waals surface area contributed by atoms with Crippen molar-refractivity contribution in [2.45, 2.75) is 49.0 Å². The van der Waals surface area contributed by atoms with Crippen molar-refractivity contribution in [2.24, 2.45) is 10.8 Å². The molecule has 3 unspecified atom stereocenters. The van der Waals surface area contributed by atoms with Crippen molar-refractivity contribution in [3.63, 3.8) is 0 Å². The predicted octanol–water partition coefficient (Wildman–Crippen LogP) is -2.33. The molecular formula is C21H26N10O13P2. The van der Waals surface area contributed by atoms with Crippen LogP contribution in [0.2, 0.25) is 0 Å². The molecule has 0 aromatic carbocycles. The largest absolute Gasteiger partial charge is 0.756 e. The number of imidazole rings is 1. The Morgan fingerprint density at radius 2 is 1.89 bits per heavy atom. The minimum atomic E-state index is -5.66. The molecule has 3 aromatic rings. The molecule has 0 aliphatic carbocycles. The fourth-order valence-corrected chi connectivity index (χ4v) is 6.82. The number of phosphoric acid groups is 2. The highest BCUT2D eigenvalue weighted by Gasteiger charge is 2.50. The standard InChI is InChI=1S/C21H26N10O13P2/c22-17-13-19(26-7-25-17)31(8-27-13)21-16(34)14(32)11(43-21)6-41-46(38,39)44-45(36,37)40-5-10-12(28-29-24)15(33)20(42-10)30-3-1-2-9(4-30)18(23)35/h1-4,7-8,10-12,14-16,20-21,32-34H,5-6H2,(H5-,22,23,25,26,35,36,37,38,39)/t10-,11-,12?,14-,15-,16-,20-,21-/m1/s1. The molecule has 25 heteroatoms. The number of aromatic nitrogens is 5. The molecule has 23 nitrogen and oxygen atoms in total. The molecule has 5 rings (SSSR count). The maximum atomic E-state index is 12.5. The lowest BCUT2D eigenvalue weighted by Crippen LogP contribution is -2.46. The Bertz CT molecular complexity index is 1760. The Morgan fingerprint density at radius 3 is 2.61 bits per heavy atom. The van der Waals surface area contributed by atoms with Crippen LogP contribution in [-0.2, 0) is 32.0 Å². The lowest BCUT2D eigenvalue weighted by atomic mass is 10.1. The van der Waals surface area contributed by atoms with Gasteiger partial charge >= 0.3 is 7.82 Å². The molecule has 0 bridgehead atoms. The van der Waals surface area contributed by atoms with Gasteiger partial charge in [0.1, 0.15) is 41.8 Å². The Morgan fingerprint density at radius 1 is 1.15 bits per heavy atom. The normalized spacial score (nSPS) is 30.5. The summed E-state index contributed by atoms with van der Waals surface area (Å²) >= 11 is 0. The molecule has 2 aliphatic heterocycles. The van der Waals surface area contributed by atoms with Gasteiger partial charge in [-0.05, 0) is 11.6 Å². The topological polar surface area (TPSA) is 350 Å². The zero-order chi connectivity index (χ0) is 33.4. The number of nitrogen functional groups attached to an aromatic ring is 1. The number of azide groups is 1. The summed E-state index contributed by atoms with van der Waals surface area (Å²) in [4.78, 5) is 48.4. The number of fused-ring (bicyclic) bond motifs is 1. The number of aliphatic hydroxyl groups is 3. The number of primary amides is 1. The maximum Gasteiger partial charge on any atom is 0.478 e. The number of rotatable bonds is 12. The van der Waals surface area contributed by atoms with Crippen LogP contribution in [0.25, 0.3) is 21.6 Å². The first-order valence-electron chi connectivity index (χ1n) is 13.0. The zero-order valence-electron chi connectivity index (χ0n) is 23.1. The number of hydrogen-bond acceptors (Lipinski definition) is 17. The average Bonchev–Trinajstić information content (AvgIpc) is 3.65. The number of carbonyl (C=O) groups excluding carboxylic acids is 1. The predicted molar refractivity (Wildman–Crippen MR) is 144 cm³/mol. The number of pyridine rings is 1. The van der Waals surface area contributed by atoms with Gasteiger partial charge in [-0.2, -0.15) is 4.57 Å². The van der Waals surface area contributed by atoms with Crippen molar-refractivity contribution < 1.29 is 66.4 Å². The van der Waals surface area contributed by atoms with Gasteiger partial charge < -0.3 is 50.6 Å². The van der Waals surface area contributed by atoms with Crippen molar-refractivity contribution in [2.75, 3.05) is 18.9 Å². The second kappa shape index (κ2) is 13.2. The lowest BCUT2D eigenvalue weighted by Gasteiger charge is -2.26. The van der Waals surface area contributed by atoms with E-state index in [1.807, 2.05) is 0 Å². The number of hydrogen-bond donors (Lipinski definition) is 6. The van der Waals surface area contributed by atoms with E-state index in [-0.39, 0.29) is 22.5 Å². The van der Waals surface area contributed by atoms with Gasteiger partial charge in [0.25, 0.3) is 20.0 Å². The first-order valence-corrected chi connectivity index (χ1v) is 15.9. The molecule has 2 saturated heterocycles. The molecule has 3 aromatic heterocycles. The van der Waals surface area contributed by atoms with E-state index in [1.165, 1.54) is 40.0 Å². The first-order chi connectivity index (χ1) is 21.7. The summed E-state index contributed by atoms with van der Waals surface area (Å²) in [6.45, 7) is -1.90. The Hall–Kier alpha value is -3.66. The van der Waals surface area contributed by atoms with Gasteiger partial charge in [-0.1, -0.05) is 5.11 Å². The van der Waals surface area contributed by atoms with Crippen LogP contribution >= 0.6 is 15.6 Å². The van der Waals surface area contributed by atoms with Crippen LogP contribution < -0.4 is 20.9 Å². The van der Waals surface area contributed by atoms with Crippen LogP contribution in [0.4, 0.5) is 5.82 Å². The minimum Gasteiger partial charge on any atom is -0.756 e. The highest BCUT2D eigenvalue weighted by Crippen LogP contribution is 2.58. The maximum absolute atomic E-state index is 12.5. The lowest BCUT2D eigenvalue weighted by molar-refractivity contribution is -0.765. The van der Waals surface area contributed by atoms with E-state index in [2.05, 4.69) is 38.3 Å². The van der Waals surface area contributed by atoms with Gasteiger partial charge in [0, 0.05) is 11.0 Å². The highest BCUT2D eigenvalue weighted by molar-refractivity contribution is 7.60. The van der Waals surface area contributed by atoms with E-state index in [9.17, 15) is 39.0 Å². The van der Waals surface area contributed by atoms with E-state index in [4.69, 9.17) is 26.5 Å². The molecule has 0 spiro atoms. The van der Waals surface area contributed by atoms with Gasteiger partial charge in [0.2, 0.25) is 0 Å². The third-order valence-electron chi connectivity index (χ3n) is 6.92. The van der Waals surface area contributed by atoms with E-state index in [0.29, 0.717) is 0 Å². The Balaban J connectivity index is 1.19. The number of nitrogens with two attached hydrogens (primary N) is 2. The van der Waals surface area contributed by atoms with Crippen molar-refractivity contribution in [3.05, 3.63) is 53.2 Å². The number of nitrogens with zero attached hydrogens (tertiary/aromatic N) is 8. The Labute approximate surface area is 256 Å². The number of ether oxygens (including phenoxy) is 2. The van der Waals surface area contributed by atoms with Crippen molar-refractivity contribution >= 4 is 38.5 Å². The summed E-state index contributed by atoms with van der Waals surface area (Å²) in [6.07, 6.45) is -5.35. The van der Waals surface area contributed by atoms with Gasteiger partial charge in [-0.25, -0.2) is 23.8 Å². The van der Waals surface area contributed by atoms with Crippen molar-refractivity contribution in [1.82, 2.24) is 19.5 Å². The molecule has 46 heavy (non-hydrogen) atoms. The zero-order valence-corrected chi connectivity index (χ0v) is 24.9. The third kappa shape index (κ3) is 7.01. The fraction of sp³-hybridized carbons (Fsp3) is 0.476. The minimum absolute atomic E-state index is 0.0389. The van der Waals surface area contributed by atoms with Gasteiger partial charge in [0.15, 0.2) is 36.2 Å². The smallest absolute Gasteiger partial charge is 0.478 e. The summed E-state index contributed by atoms with van der Waals surface area (Å²) in [5.41, 5.74) is 20.3. The second-order valence-electron chi connectivity index (χ2n) is 9.87. The van der Waals surface area contributed by atoms with Crippen molar-refractivity contribution in [3.8, 4) is 0 Å². The fourth-order valence-electron chi connectivity index (χ4n) is 4.77. The molecule has 1 amide bonds. The van der Waals surface area contributed by atoms with Crippen molar-refractivity contribution in [1.29, 1.82) is 0 Å². The SMILES string of the molecule is [N-]=[N+]=NC1[C@@H](O)[C@H]([n+]2cccc(C(N)=O)c2)O[C@@H]1COP(=O)([O-])OP(=O)(O)OC[C@H]1O[C@@H](n2cnc3c(N)ncnc32)[C@H](O)[C@@H]1O. The van der Waals surface area contributed by atoms with Crippen LogP contribution in [-0.4, -0.2) is 95.4 Å². The van der Waals surface area contributed by atoms with E-state index in [0.717, 1.165) is 6.33 Å². The van der Waals surface area contributed by atoms with Crippen LogP contribution in [0, 0.1) is 0 Å². The highest BCUT2D eigenvalue weighted by atomic mass is 31.3. The molecular weight excluding hydrogens is 662 g/mol. The third-order valence-corrected chi connectivity index (χ3v) is 9.49. The second-order valence-corrected chi connectivity index (χ2v) is 12.9. The summed E-state index contributed by atoms with van der Waals surface area (Å²) in [7, 11) is -11.1. The molecule has 248 valence electrons. The van der Waals surface area contributed by atoms with Crippen LogP contribution in [0.1, 0.15) is 22.8 Å². The summed E-state index contributed by atoms with van der Waals surface area (Å²) in [5, 5.41) is 35.0. The number of aliphatic hydroxyl groups excluding tert-OH is 3. The number of amides is 1. The quantitative estimate of drug-likeness (QED) is 0.0382. The molecule has 0 radical (unpaired) electrons. The van der Waals surface area contributed by atoms with Crippen LogP contribution in [0.3, 0.4) is 0 Å². The van der Waals surface area contributed by atoms with Crippen LogP contribution in [0.15, 0.2) is 42.3 Å². The molecule has 10 atom stereocenters. The molecule has 2 fully saturated rings. The Kier molecular flexibility index (Phi) is 9.68. The average molecular weight is 688 g/mol. The first kappa shape index (κ1) is 33.7. The van der Waals surface area contributed by atoms with E-state index >= 15 is 0 Å². The molecule has 2 aliphatic rings. The number of anilines is 1.